The number of hydrogen-bond donors (Lipinski definition) is 2. The predicted molar refractivity (Wildman–Crippen MR) is 82.1 cm³/mol. The number of thiazole rings is 1. The van der Waals surface area contributed by atoms with Crippen molar-refractivity contribution in [3.8, 4) is 0 Å². The van der Waals surface area contributed by atoms with Gasteiger partial charge in [-0.25, -0.2) is 4.98 Å². The monoisotopic (exact) mass is 294 g/mol. The summed E-state index contributed by atoms with van der Waals surface area (Å²) in [6.45, 7) is 0.867. The molecule has 1 aliphatic carbocycles. The van der Waals surface area contributed by atoms with Crippen molar-refractivity contribution in [2.75, 3.05) is 24.6 Å². The molecule has 0 spiro atoms. The summed E-state index contributed by atoms with van der Waals surface area (Å²) in [5.74, 6) is 1.14. The molecule has 0 radical (unpaired) electrons. The van der Waals surface area contributed by atoms with Crippen LogP contribution in [0.4, 0.5) is 10.9 Å². The second-order valence-electron chi connectivity index (χ2n) is 5.74. The van der Waals surface area contributed by atoms with Crippen LogP contribution in [0.25, 0.3) is 0 Å². The fourth-order valence-corrected chi connectivity index (χ4v) is 4.39. The fourth-order valence-electron chi connectivity index (χ4n) is 3.60. The van der Waals surface area contributed by atoms with Gasteiger partial charge in [0, 0.05) is 19.6 Å². The fraction of sp³-hybridized carbons (Fsp3) is 0.714. The number of amides is 1. The van der Waals surface area contributed by atoms with E-state index in [1.165, 1.54) is 37.0 Å². The highest BCUT2D eigenvalue weighted by atomic mass is 32.1. The smallest absolute Gasteiger partial charge is 0.268 e. The van der Waals surface area contributed by atoms with E-state index in [1.807, 2.05) is 0 Å². The van der Waals surface area contributed by atoms with Gasteiger partial charge >= 0.3 is 0 Å². The van der Waals surface area contributed by atoms with Gasteiger partial charge in [-0.3, -0.25) is 4.79 Å². The van der Waals surface area contributed by atoms with Crippen molar-refractivity contribution >= 4 is 28.2 Å². The molecule has 2 heterocycles. The summed E-state index contributed by atoms with van der Waals surface area (Å²) >= 11 is 1.36. The molecule has 0 bridgehead atoms. The molecule has 1 aliphatic heterocycles. The van der Waals surface area contributed by atoms with Gasteiger partial charge < -0.3 is 16.0 Å². The van der Waals surface area contributed by atoms with E-state index in [0.29, 0.717) is 27.8 Å². The van der Waals surface area contributed by atoms with Crippen molar-refractivity contribution in [2.24, 2.45) is 5.92 Å². The SMILES string of the molecule is CNc1nc(N)c(C(=O)N2CCC[C@H]3CCCC[C@H]32)s1. The average molecular weight is 294 g/mol. The van der Waals surface area contributed by atoms with Gasteiger partial charge in [-0.2, -0.15) is 0 Å². The van der Waals surface area contributed by atoms with E-state index in [-0.39, 0.29) is 5.91 Å². The molecule has 1 aromatic heterocycles. The Kier molecular flexibility index (Phi) is 3.83. The summed E-state index contributed by atoms with van der Waals surface area (Å²) in [7, 11) is 1.80. The molecule has 6 heteroatoms. The molecule has 3 N–H and O–H groups in total. The number of nitrogens with two attached hydrogens (primary N) is 1. The number of carbonyl (C=O) groups is 1. The van der Waals surface area contributed by atoms with Crippen LogP contribution in [0.3, 0.4) is 0 Å². The Labute approximate surface area is 123 Å². The number of nitrogens with one attached hydrogen (secondary N) is 1. The van der Waals surface area contributed by atoms with Crippen LogP contribution in [0.5, 0.6) is 0 Å². The lowest BCUT2D eigenvalue weighted by atomic mass is 9.78. The first-order valence-electron chi connectivity index (χ1n) is 7.45. The maximum Gasteiger partial charge on any atom is 0.268 e. The van der Waals surface area contributed by atoms with Gasteiger partial charge in [0.2, 0.25) is 0 Å². The number of aromatic nitrogens is 1. The molecule has 3 rings (SSSR count). The first-order valence-corrected chi connectivity index (χ1v) is 8.27. The Morgan fingerprint density at radius 3 is 2.85 bits per heavy atom. The number of nitrogens with zero attached hydrogens (tertiary/aromatic N) is 2. The Balaban J connectivity index is 1.83. The summed E-state index contributed by atoms with van der Waals surface area (Å²) in [5, 5.41) is 3.67. The van der Waals surface area contributed by atoms with E-state index >= 15 is 0 Å². The van der Waals surface area contributed by atoms with Crippen molar-refractivity contribution in [3.05, 3.63) is 4.88 Å². The molecule has 5 nitrogen and oxygen atoms in total. The van der Waals surface area contributed by atoms with Crippen LogP contribution in [-0.4, -0.2) is 35.4 Å². The largest absolute Gasteiger partial charge is 0.382 e. The quantitative estimate of drug-likeness (QED) is 0.879. The van der Waals surface area contributed by atoms with E-state index < -0.39 is 0 Å². The number of nitrogen functional groups attached to an aromatic ring is 1. The molecule has 20 heavy (non-hydrogen) atoms. The number of likely N-dealkylation sites (tertiary alicyclic amines) is 1. The first-order chi connectivity index (χ1) is 9.70. The van der Waals surface area contributed by atoms with Gasteiger partial charge in [-0.1, -0.05) is 24.2 Å². The minimum atomic E-state index is 0.0816. The number of anilines is 2. The van der Waals surface area contributed by atoms with E-state index in [0.717, 1.165) is 19.4 Å². The number of carbonyl (C=O) groups excluding carboxylic acids is 1. The standard InChI is InChI=1S/C14H22N4OS/c1-16-14-17-12(15)11(20-14)13(19)18-8-4-6-9-5-2-3-7-10(9)18/h9-10H,2-8,15H2,1H3,(H,16,17)/t9-,10-/m1/s1. The lowest BCUT2D eigenvalue weighted by molar-refractivity contribution is 0.0396. The van der Waals surface area contributed by atoms with Crippen LogP contribution in [-0.2, 0) is 0 Å². The minimum Gasteiger partial charge on any atom is -0.382 e. The number of piperidine rings is 1. The third-order valence-corrected chi connectivity index (χ3v) is 5.64. The Morgan fingerprint density at radius 2 is 2.10 bits per heavy atom. The normalized spacial score (nSPS) is 26.1. The molecule has 2 atom stereocenters. The maximum atomic E-state index is 12.8. The summed E-state index contributed by atoms with van der Waals surface area (Å²) in [4.78, 5) is 19.6. The third-order valence-electron chi connectivity index (χ3n) is 4.57. The van der Waals surface area contributed by atoms with Crippen molar-refractivity contribution in [3.63, 3.8) is 0 Å². The molecule has 110 valence electrons. The highest BCUT2D eigenvalue weighted by Gasteiger charge is 2.37. The molecule has 1 aromatic rings. The zero-order chi connectivity index (χ0) is 14.1. The van der Waals surface area contributed by atoms with Gasteiger partial charge in [0.1, 0.15) is 10.7 Å². The van der Waals surface area contributed by atoms with Crippen LogP contribution in [0.15, 0.2) is 0 Å². The minimum absolute atomic E-state index is 0.0816. The molecule has 2 fully saturated rings. The van der Waals surface area contributed by atoms with Gasteiger partial charge in [-0.05, 0) is 31.6 Å². The number of rotatable bonds is 2. The molecule has 1 saturated carbocycles. The molecule has 1 amide bonds. The topological polar surface area (TPSA) is 71.2 Å². The van der Waals surface area contributed by atoms with Crippen LogP contribution in [0.2, 0.25) is 0 Å². The Morgan fingerprint density at radius 1 is 1.35 bits per heavy atom. The summed E-state index contributed by atoms with van der Waals surface area (Å²) in [6.07, 6.45) is 7.36. The van der Waals surface area contributed by atoms with Crippen molar-refractivity contribution in [2.45, 2.75) is 44.6 Å². The van der Waals surface area contributed by atoms with Crippen LogP contribution >= 0.6 is 11.3 Å². The summed E-state index contributed by atoms with van der Waals surface area (Å²) < 4.78 is 0. The third kappa shape index (κ3) is 2.37. The van der Waals surface area contributed by atoms with Gasteiger partial charge in [-0.15, -0.1) is 0 Å². The summed E-state index contributed by atoms with van der Waals surface area (Å²) in [5.41, 5.74) is 5.90. The van der Waals surface area contributed by atoms with E-state index in [4.69, 9.17) is 5.73 Å². The number of fused-ring (bicyclic) bond motifs is 1. The molecule has 1 saturated heterocycles. The zero-order valence-electron chi connectivity index (χ0n) is 11.9. The molecule has 2 aliphatic rings. The van der Waals surface area contributed by atoms with Crippen molar-refractivity contribution < 1.29 is 4.79 Å². The molecular formula is C14H22N4OS. The first kappa shape index (κ1) is 13.7. The predicted octanol–water partition coefficient (Wildman–Crippen LogP) is 2.56. The van der Waals surface area contributed by atoms with Crippen LogP contribution in [0.1, 0.15) is 48.2 Å². The molecule has 0 aromatic carbocycles. The van der Waals surface area contributed by atoms with Gasteiger partial charge in [0.15, 0.2) is 5.13 Å². The van der Waals surface area contributed by atoms with E-state index in [1.54, 1.807) is 7.05 Å². The summed E-state index contributed by atoms with van der Waals surface area (Å²) in [6, 6.07) is 0.421. The van der Waals surface area contributed by atoms with Crippen LogP contribution in [0, 0.1) is 5.92 Å². The second-order valence-corrected chi connectivity index (χ2v) is 6.74. The number of hydrogen-bond acceptors (Lipinski definition) is 5. The average Bonchev–Trinajstić information content (AvgIpc) is 2.87. The van der Waals surface area contributed by atoms with Gasteiger partial charge in [0.25, 0.3) is 5.91 Å². The molecular weight excluding hydrogens is 272 g/mol. The molecule has 0 unspecified atom stereocenters. The Bertz CT molecular complexity index is 499. The maximum absolute atomic E-state index is 12.8. The Hall–Kier alpha value is -1.30. The highest BCUT2D eigenvalue weighted by Crippen LogP contribution is 2.37. The lowest BCUT2D eigenvalue weighted by Crippen LogP contribution is -2.49. The van der Waals surface area contributed by atoms with Gasteiger partial charge in [0.05, 0.1) is 0 Å². The van der Waals surface area contributed by atoms with Crippen LogP contribution < -0.4 is 11.1 Å². The zero-order valence-corrected chi connectivity index (χ0v) is 12.7. The van der Waals surface area contributed by atoms with Crippen molar-refractivity contribution in [1.29, 1.82) is 0 Å². The van der Waals surface area contributed by atoms with Crippen molar-refractivity contribution in [1.82, 2.24) is 9.88 Å². The second kappa shape index (κ2) is 5.60. The van der Waals surface area contributed by atoms with E-state index in [2.05, 4.69) is 15.2 Å². The highest BCUT2D eigenvalue weighted by molar-refractivity contribution is 7.18. The van der Waals surface area contributed by atoms with E-state index in [9.17, 15) is 4.79 Å². The lowest BCUT2D eigenvalue weighted by Gasteiger charge is -2.44.